The molecular weight excluding hydrogens is 262 g/mol. The van der Waals surface area contributed by atoms with Gasteiger partial charge in [-0.25, -0.2) is 4.98 Å². The first-order chi connectivity index (χ1) is 9.13. The van der Waals surface area contributed by atoms with Crippen LogP contribution in [0.4, 0.5) is 5.82 Å². The first-order valence-corrected chi connectivity index (χ1v) is 6.20. The fourth-order valence-corrected chi connectivity index (χ4v) is 2.23. The molecule has 0 aliphatic heterocycles. The Morgan fingerprint density at radius 1 is 1.32 bits per heavy atom. The maximum absolute atomic E-state index is 5.84. The molecule has 2 N–H and O–H groups in total. The highest BCUT2D eigenvalue weighted by molar-refractivity contribution is 6.28. The summed E-state index contributed by atoms with van der Waals surface area (Å²) in [7, 11) is 0. The van der Waals surface area contributed by atoms with Gasteiger partial charge in [0, 0.05) is 0 Å². The molecule has 0 fully saturated rings. The van der Waals surface area contributed by atoms with Crippen molar-refractivity contribution in [2.45, 2.75) is 13.5 Å². The zero-order valence-corrected chi connectivity index (χ0v) is 11.1. The molecule has 0 aliphatic rings. The van der Waals surface area contributed by atoms with Gasteiger partial charge in [-0.1, -0.05) is 29.8 Å². The Balaban J connectivity index is 2.06. The van der Waals surface area contributed by atoms with E-state index in [-0.39, 0.29) is 5.28 Å². The molecule has 2 aromatic heterocycles. The van der Waals surface area contributed by atoms with Gasteiger partial charge >= 0.3 is 0 Å². The summed E-state index contributed by atoms with van der Waals surface area (Å²) < 4.78 is 1.91. The van der Waals surface area contributed by atoms with Crippen molar-refractivity contribution < 1.29 is 0 Å². The predicted octanol–water partition coefficient (Wildman–Crippen LogP) is 2.42. The lowest BCUT2D eigenvalue weighted by molar-refractivity contribution is 0.812. The number of halogens is 1. The predicted molar refractivity (Wildman–Crippen MR) is 75.0 cm³/mol. The smallest absolute Gasteiger partial charge is 0.226 e. The fourth-order valence-electron chi connectivity index (χ4n) is 2.06. The molecule has 0 amide bonds. The number of imidazole rings is 1. The minimum atomic E-state index is 0.135. The molecule has 0 unspecified atom stereocenters. The third-order valence-electron chi connectivity index (χ3n) is 2.90. The van der Waals surface area contributed by atoms with E-state index in [1.165, 1.54) is 11.1 Å². The lowest BCUT2D eigenvalue weighted by atomic mass is 10.1. The van der Waals surface area contributed by atoms with Crippen LogP contribution in [0, 0.1) is 6.92 Å². The number of nitrogens with zero attached hydrogens (tertiary/aromatic N) is 4. The number of aryl methyl sites for hydroxylation is 1. The van der Waals surface area contributed by atoms with Gasteiger partial charge in [0.05, 0.1) is 12.9 Å². The van der Waals surface area contributed by atoms with Gasteiger partial charge in [-0.3, -0.25) is 0 Å². The summed E-state index contributed by atoms with van der Waals surface area (Å²) in [5.74, 6) is 0.304. The van der Waals surface area contributed by atoms with Crippen LogP contribution >= 0.6 is 11.6 Å². The van der Waals surface area contributed by atoms with E-state index in [0.29, 0.717) is 23.5 Å². The summed E-state index contributed by atoms with van der Waals surface area (Å²) in [5, 5.41) is 0.135. The molecule has 5 nitrogen and oxygen atoms in total. The van der Waals surface area contributed by atoms with E-state index in [2.05, 4.69) is 40.1 Å². The van der Waals surface area contributed by atoms with E-state index in [0.717, 1.165) is 0 Å². The maximum Gasteiger partial charge on any atom is 0.226 e. The Morgan fingerprint density at radius 3 is 2.95 bits per heavy atom. The van der Waals surface area contributed by atoms with E-state index in [1.807, 2.05) is 10.6 Å². The zero-order valence-electron chi connectivity index (χ0n) is 10.3. The molecule has 3 aromatic rings. The van der Waals surface area contributed by atoms with Crippen molar-refractivity contribution in [2.75, 3.05) is 5.73 Å². The molecule has 2 heterocycles. The van der Waals surface area contributed by atoms with Crippen LogP contribution in [0.2, 0.25) is 5.28 Å². The van der Waals surface area contributed by atoms with Crippen molar-refractivity contribution >= 4 is 28.6 Å². The van der Waals surface area contributed by atoms with Crippen LogP contribution in [0.1, 0.15) is 11.1 Å². The standard InChI is InChI=1S/C13H12ClN5/c1-8-3-2-4-9(5-8)6-19-7-16-10-11(15)17-13(14)18-12(10)19/h2-5,7H,6H2,1H3,(H2,15,17,18). The van der Waals surface area contributed by atoms with Gasteiger partial charge in [-0.15, -0.1) is 0 Å². The molecule has 0 radical (unpaired) electrons. The van der Waals surface area contributed by atoms with Crippen molar-refractivity contribution in [1.29, 1.82) is 0 Å². The molecule has 0 saturated carbocycles. The third-order valence-corrected chi connectivity index (χ3v) is 3.07. The van der Waals surface area contributed by atoms with Crippen LogP contribution in [0.15, 0.2) is 30.6 Å². The number of hydrogen-bond acceptors (Lipinski definition) is 4. The van der Waals surface area contributed by atoms with Crippen LogP contribution in [0.3, 0.4) is 0 Å². The molecule has 3 rings (SSSR count). The van der Waals surface area contributed by atoms with Crippen LogP contribution in [-0.2, 0) is 6.54 Å². The topological polar surface area (TPSA) is 69.6 Å². The Hall–Kier alpha value is -2.14. The molecule has 0 atom stereocenters. The monoisotopic (exact) mass is 273 g/mol. The number of aromatic nitrogens is 4. The lowest BCUT2D eigenvalue weighted by Gasteiger charge is -2.05. The second-order valence-corrected chi connectivity index (χ2v) is 4.75. The summed E-state index contributed by atoms with van der Waals surface area (Å²) in [4.78, 5) is 12.3. The normalized spacial score (nSPS) is 11.1. The first-order valence-electron chi connectivity index (χ1n) is 5.83. The fraction of sp³-hybridized carbons (Fsp3) is 0.154. The summed E-state index contributed by atoms with van der Waals surface area (Å²) in [6, 6.07) is 8.27. The second kappa shape index (κ2) is 4.51. The summed E-state index contributed by atoms with van der Waals surface area (Å²) in [5.41, 5.74) is 9.40. The van der Waals surface area contributed by atoms with Gasteiger partial charge in [0.25, 0.3) is 0 Å². The molecule has 0 bridgehead atoms. The Labute approximate surface area is 115 Å². The number of benzene rings is 1. The molecule has 19 heavy (non-hydrogen) atoms. The van der Waals surface area contributed by atoms with Crippen LogP contribution < -0.4 is 5.73 Å². The van der Waals surface area contributed by atoms with Gasteiger partial charge in [-0.2, -0.15) is 9.97 Å². The van der Waals surface area contributed by atoms with E-state index in [9.17, 15) is 0 Å². The molecule has 96 valence electrons. The average molecular weight is 274 g/mol. The number of nitrogens with two attached hydrogens (primary N) is 1. The highest BCUT2D eigenvalue weighted by Gasteiger charge is 2.10. The van der Waals surface area contributed by atoms with Gasteiger partial charge in [0.2, 0.25) is 5.28 Å². The first kappa shape index (κ1) is 11.9. The largest absolute Gasteiger partial charge is 0.382 e. The Bertz CT molecular complexity index is 750. The van der Waals surface area contributed by atoms with Gasteiger partial charge in [0.15, 0.2) is 11.5 Å². The van der Waals surface area contributed by atoms with Gasteiger partial charge in [-0.05, 0) is 24.1 Å². The lowest BCUT2D eigenvalue weighted by Crippen LogP contribution is -2.01. The van der Waals surface area contributed by atoms with E-state index in [1.54, 1.807) is 6.33 Å². The minimum absolute atomic E-state index is 0.135. The number of fused-ring (bicyclic) bond motifs is 1. The van der Waals surface area contributed by atoms with Crippen molar-refractivity contribution in [1.82, 2.24) is 19.5 Å². The third kappa shape index (κ3) is 2.24. The summed E-state index contributed by atoms with van der Waals surface area (Å²) in [6.45, 7) is 2.73. The number of anilines is 1. The SMILES string of the molecule is Cc1cccc(Cn2cnc3c(N)nc(Cl)nc32)c1. The van der Waals surface area contributed by atoms with Crippen LogP contribution in [0.5, 0.6) is 0 Å². The highest BCUT2D eigenvalue weighted by atomic mass is 35.5. The van der Waals surface area contributed by atoms with E-state index < -0.39 is 0 Å². The average Bonchev–Trinajstić information content (AvgIpc) is 2.73. The second-order valence-electron chi connectivity index (χ2n) is 4.41. The van der Waals surface area contributed by atoms with E-state index in [4.69, 9.17) is 17.3 Å². The summed E-state index contributed by atoms with van der Waals surface area (Å²) >= 11 is 5.84. The molecule has 0 spiro atoms. The number of rotatable bonds is 2. The molecule has 1 aromatic carbocycles. The molecule has 0 saturated heterocycles. The Kier molecular flexibility index (Phi) is 2.83. The van der Waals surface area contributed by atoms with Crippen LogP contribution in [0.25, 0.3) is 11.2 Å². The molecule has 0 aliphatic carbocycles. The van der Waals surface area contributed by atoms with E-state index >= 15 is 0 Å². The molecule has 6 heteroatoms. The van der Waals surface area contributed by atoms with Crippen LogP contribution in [-0.4, -0.2) is 19.5 Å². The quantitative estimate of drug-likeness (QED) is 0.728. The van der Waals surface area contributed by atoms with Crippen molar-refractivity contribution in [3.05, 3.63) is 47.0 Å². The van der Waals surface area contributed by atoms with Gasteiger partial charge in [0.1, 0.15) is 5.52 Å². The molecular formula is C13H12ClN5. The van der Waals surface area contributed by atoms with Crippen molar-refractivity contribution in [2.24, 2.45) is 0 Å². The Morgan fingerprint density at radius 2 is 2.16 bits per heavy atom. The van der Waals surface area contributed by atoms with Crippen molar-refractivity contribution in [3.63, 3.8) is 0 Å². The van der Waals surface area contributed by atoms with Gasteiger partial charge < -0.3 is 10.3 Å². The number of nitrogen functional groups attached to an aromatic ring is 1. The highest BCUT2D eigenvalue weighted by Crippen LogP contribution is 2.19. The van der Waals surface area contributed by atoms with Crippen molar-refractivity contribution in [3.8, 4) is 0 Å². The summed E-state index contributed by atoms with van der Waals surface area (Å²) in [6.07, 6.45) is 1.70. The maximum atomic E-state index is 5.84. The zero-order chi connectivity index (χ0) is 13.4. The number of hydrogen-bond donors (Lipinski definition) is 1. The minimum Gasteiger partial charge on any atom is -0.382 e.